The lowest BCUT2D eigenvalue weighted by atomic mass is 9.87. The number of aliphatic carboxylic acids is 1. The number of aromatic nitrogens is 3. The van der Waals surface area contributed by atoms with Crippen LogP contribution < -0.4 is 0 Å². The van der Waals surface area contributed by atoms with Crippen molar-refractivity contribution in [2.45, 2.75) is 51.6 Å². The van der Waals surface area contributed by atoms with Crippen molar-refractivity contribution < 1.29 is 14.4 Å². The Labute approximate surface area is 141 Å². The monoisotopic (exact) mass is 332 g/mol. The molecule has 0 bridgehead atoms. The Morgan fingerprint density at radius 3 is 2.62 bits per heavy atom. The third kappa shape index (κ3) is 3.08. The quantitative estimate of drug-likeness (QED) is 0.905. The van der Waals surface area contributed by atoms with Gasteiger partial charge in [0.15, 0.2) is 11.3 Å². The van der Waals surface area contributed by atoms with Gasteiger partial charge in [-0.25, -0.2) is 4.79 Å². The van der Waals surface area contributed by atoms with Gasteiger partial charge < -0.3 is 9.63 Å². The van der Waals surface area contributed by atoms with E-state index in [0.717, 1.165) is 17.0 Å². The van der Waals surface area contributed by atoms with Crippen molar-refractivity contribution in [2.24, 2.45) is 0 Å². The lowest BCUT2D eigenvalue weighted by Gasteiger charge is -2.38. The second-order valence-corrected chi connectivity index (χ2v) is 6.95. The van der Waals surface area contributed by atoms with Crippen LogP contribution in [0.5, 0.6) is 0 Å². The Morgan fingerprint density at radius 2 is 2.12 bits per heavy atom. The summed E-state index contributed by atoms with van der Waals surface area (Å²) in [6, 6.07) is 1.99. The summed E-state index contributed by atoms with van der Waals surface area (Å²) in [5.41, 5.74) is 0.977. The molecule has 0 spiro atoms. The molecule has 0 aliphatic carbocycles. The molecule has 3 rings (SSSR count). The molecule has 1 fully saturated rings. The van der Waals surface area contributed by atoms with E-state index in [1.807, 2.05) is 19.2 Å². The fraction of sp³-hybridized carbons (Fsp3) is 0.588. The molecule has 1 saturated heterocycles. The highest BCUT2D eigenvalue weighted by atomic mass is 16.5. The molecule has 7 heteroatoms. The number of rotatable bonds is 5. The third-order valence-electron chi connectivity index (χ3n) is 4.78. The van der Waals surface area contributed by atoms with Gasteiger partial charge in [-0.05, 0) is 31.2 Å². The molecule has 3 heterocycles. The molecule has 0 saturated carbocycles. The smallest absolute Gasteiger partial charge is 0.331 e. The van der Waals surface area contributed by atoms with Gasteiger partial charge in [-0.1, -0.05) is 19.0 Å². The maximum Gasteiger partial charge on any atom is 0.331 e. The van der Waals surface area contributed by atoms with E-state index in [0.29, 0.717) is 38.4 Å². The van der Waals surface area contributed by atoms with E-state index in [1.165, 1.54) is 0 Å². The zero-order valence-electron chi connectivity index (χ0n) is 14.4. The molecule has 24 heavy (non-hydrogen) atoms. The average molecular weight is 332 g/mol. The molecule has 1 N–H and O–H groups in total. The van der Waals surface area contributed by atoms with Gasteiger partial charge in [0, 0.05) is 25.4 Å². The van der Waals surface area contributed by atoms with Crippen molar-refractivity contribution in [3.05, 3.63) is 35.5 Å². The van der Waals surface area contributed by atoms with E-state index >= 15 is 0 Å². The van der Waals surface area contributed by atoms with Gasteiger partial charge in [-0.3, -0.25) is 9.58 Å². The maximum absolute atomic E-state index is 11.9. The van der Waals surface area contributed by atoms with Crippen LogP contribution in [0.1, 0.15) is 49.6 Å². The van der Waals surface area contributed by atoms with E-state index < -0.39 is 11.5 Å². The second kappa shape index (κ2) is 6.39. The molecular weight excluding hydrogens is 308 g/mol. The maximum atomic E-state index is 11.9. The predicted molar refractivity (Wildman–Crippen MR) is 87.7 cm³/mol. The van der Waals surface area contributed by atoms with Crippen LogP contribution in [-0.2, 0) is 16.9 Å². The normalized spacial score (nSPS) is 18.2. The molecule has 0 aromatic carbocycles. The predicted octanol–water partition coefficient (Wildman–Crippen LogP) is 2.38. The Bertz CT molecular complexity index is 711. The summed E-state index contributed by atoms with van der Waals surface area (Å²) < 4.78 is 7.01. The molecule has 130 valence electrons. The lowest BCUT2D eigenvalue weighted by Crippen LogP contribution is -2.51. The van der Waals surface area contributed by atoms with E-state index in [4.69, 9.17) is 4.52 Å². The molecule has 2 aromatic heterocycles. The van der Waals surface area contributed by atoms with E-state index in [1.54, 1.807) is 10.9 Å². The van der Waals surface area contributed by atoms with Crippen molar-refractivity contribution in [3.8, 4) is 0 Å². The minimum atomic E-state index is -0.949. The largest absolute Gasteiger partial charge is 0.479 e. The van der Waals surface area contributed by atoms with Crippen LogP contribution in [0.2, 0.25) is 0 Å². The molecule has 0 atom stereocenters. The van der Waals surface area contributed by atoms with Crippen molar-refractivity contribution in [1.82, 2.24) is 19.8 Å². The average Bonchev–Trinajstić information content (AvgIpc) is 3.17. The summed E-state index contributed by atoms with van der Waals surface area (Å²) >= 11 is 0. The van der Waals surface area contributed by atoms with Crippen LogP contribution in [0.25, 0.3) is 0 Å². The minimum Gasteiger partial charge on any atom is -0.479 e. The minimum absolute atomic E-state index is 0.339. The van der Waals surface area contributed by atoms with E-state index in [-0.39, 0.29) is 0 Å². The first-order valence-electron chi connectivity index (χ1n) is 8.34. The summed E-state index contributed by atoms with van der Waals surface area (Å²) in [7, 11) is 0. The number of hydrogen-bond acceptors (Lipinski definition) is 5. The Kier molecular flexibility index (Phi) is 4.45. The number of carbonyl (C=O) groups is 1. The fourth-order valence-corrected chi connectivity index (χ4v) is 3.16. The van der Waals surface area contributed by atoms with Gasteiger partial charge >= 0.3 is 5.97 Å². The van der Waals surface area contributed by atoms with Gasteiger partial charge in [0.1, 0.15) is 0 Å². The summed E-state index contributed by atoms with van der Waals surface area (Å²) in [6.07, 6.45) is 4.57. The Balaban J connectivity index is 1.68. The highest BCUT2D eigenvalue weighted by Gasteiger charge is 2.44. The molecule has 7 nitrogen and oxygen atoms in total. The summed E-state index contributed by atoms with van der Waals surface area (Å²) in [5, 5.41) is 18.1. The number of likely N-dealkylation sites (tertiary alicyclic amines) is 1. The second-order valence-electron chi connectivity index (χ2n) is 6.95. The van der Waals surface area contributed by atoms with Crippen molar-refractivity contribution in [3.63, 3.8) is 0 Å². The van der Waals surface area contributed by atoms with Crippen LogP contribution in [0.15, 0.2) is 23.0 Å². The molecule has 0 unspecified atom stereocenters. The molecular formula is C17H24N4O3. The molecule has 2 aromatic rings. The number of nitrogens with zero attached hydrogens (tertiary/aromatic N) is 4. The van der Waals surface area contributed by atoms with Gasteiger partial charge in [-0.2, -0.15) is 5.10 Å². The lowest BCUT2D eigenvalue weighted by molar-refractivity contribution is -0.151. The zero-order chi connectivity index (χ0) is 17.3. The SMILES string of the molecule is Cc1cnn(C2(C(=O)O)CCN(Cc3cc(C(C)C)no3)CC2)c1. The number of carboxylic acids is 1. The standard InChI is InChI=1S/C17H24N4O3/c1-12(2)15-8-14(24-19-15)11-20-6-4-17(5-7-20,16(22)23)21-10-13(3)9-18-21/h8-10,12H,4-7,11H2,1-3H3,(H,22,23). The highest BCUT2D eigenvalue weighted by molar-refractivity contribution is 5.76. The number of hydrogen-bond donors (Lipinski definition) is 1. The Morgan fingerprint density at radius 1 is 1.42 bits per heavy atom. The van der Waals surface area contributed by atoms with Gasteiger partial charge in [0.2, 0.25) is 0 Å². The zero-order valence-corrected chi connectivity index (χ0v) is 14.4. The van der Waals surface area contributed by atoms with Gasteiger partial charge in [0.05, 0.1) is 18.4 Å². The molecule has 0 radical (unpaired) electrons. The number of carboxylic acid groups (broad SMARTS) is 1. The summed E-state index contributed by atoms with van der Waals surface area (Å²) in [4.78, 5) is 14.1. The molecule has 0 amide bonds. The molecule has 1 aliphatic rings. The summed E-state index contributed by atoms with van der Waals surface area (Å²) in [5.74, 6) is 0.357. The first kappa shape index (κ1) is 16.7. The first-order valence-corrected chi connectivity index (χ1v) is 8.34. The van der Waals surface area contributed by atoms with Crippen LogP contribution in [-0.4, -0.2) is 44.0 Å². The Hall–Kier alpha value is -2.15. The third-order valence-corrected chi connectivity index (χ3v) is 4.78. The topological polar surface area (TPSA) is 84.4 Å². The number of piperidine rings is 1. The van der Waals surface area contributed by atoms with E-state index in [9.17, 15) is 9.90 Å². The first-order chi connectivity index (χ1) is 11.4. The summed E-state index contributed by atoms with van der Waals surface area (Å²) in [6.45, 7) is 8.11. The van der Waals surface area contributed by atoms with Gasteiger partial charge in [-0.15, -0.1) is 0 Å². The van der Waals surface area contributed by atoms with Gasteiger partial charge in [0.25, 0.3) is 0 Å². The highest BCUT2D eigenvalue weighted by Crippen LogP contribution is 2.31. The molecule has 1 aliphatic heterocycles. The number of aryl methyl sites for hydroxylation is 1. The van der Waals surface area contributed by atoms with Crippen molar-refractivity contribution >= 4 is 5.97 Å². The van der Waals surface area contributed by atoms with Crippen LogP contribution >= 0.6 is 0 Å². The van der Waals surface area contributed by atoms with E-state index in [2.05, 4.69) is 29.0 Å². The fourth-order valence-electron chi connectivity index (χ4n) is 3.16. The van der Waals surface area contributed by atoms with Crippen LogP contribution in [0.3, 0.4) is 0 Å². The van der Waals surface area contributed by atoms with Crippen molar-refractivity contribution in [1.29, 1.82) is 0 Å². The van der Waals surface area contributed by atoms with Crippen LogP contribution in [0, 0.1) is 6.92 Å². The van der Waals surface area contributed by atoms with Crippen LogP contribution in [0.4, 0.5) is 0 Å². The van der Waals surface area contributed by atoms with Crippen molar-refractivity contribution in [2.75, 3.05) is 13.1 Å².